The van der Waals surface area contributed by atoms with E-state index in [0.29, 0.717) is 41.1 Å². The minimum atomic E-state index is -0.190. The standard InChI is InChI=1S/C24H22Cl2N4O3/c25-10-7-21(31)27-17-3-1-15(2-4-17)13-16-9-12-30-23(16)29-20-14-18(28-22(32)8-11-26)5-6-19(20)24(30)33/h1-6,13-14H,7-12H2,(H,27,31)(H,28,32)/b16-13+. The highest BCUT2D eigenvalue weighted by molar-refractivity contribution is 6.19. The summed E-state index contributed by atoms with van der Waals surface area (Å²) >= 11 is 11.2. The summed E-state index contributed by atoms with van der Waals surface area (Å²) in [7, 11) is 0. The van der Waals surface area contributed by atoms with Gasteiger partial charge in [-0.15, -0.1) is 23.2 Å². The van der Waals surface area contributed by atoms with Crippen molar-refractivity contribution in [1.82, 2.24) is 9.55 Å². The molecule has 0 aliphatic carbocycles. The molecule has 33 heavy (non-hydrogen) atoms. The van der Waals surface area contributed by atoms with Crippen LogP contribution in [0.4, 0.5) is 11.4 Å². The average Bonchev–Trinajstić information content (AvgIpc) is 3.18. The SMILES string of the molecule is O=C(CCCl)Nc1ccc(/C=C2\CCn3c2nc2cc(NC(=O)CCCl)ccc2c3=O)cc1. The van der Waals surface area contributed by atoms with Gasteiger partial charge in [-0.1, -0.05) is 12.1 Å². The van der Waals surface area contributed by atoms with E-state index < -0.39 is 0 Å². The number of hydrogen-bond donors (Lipinski definition) is 2. The largest absolute Gasteiger partial charge is 0.326 e. The number of nitrogens with zero attached hydrogens (tertiary/aromatic N) is 2. The van der Waals surface area contributed by atoms with Crippen molar-refractivity contribution >= 4 is 68.9 Å². The van der Waals surface area contributed by atoms with Gasteiger partial charge in [0.15, 0.2) is 0 Å². The molecule has 0 spiro atoms. The molecule has 2 amide bonds. The third kappa shape index (κ3) is 5.26. The zero-order chi connectivity index (χ0) is 23.4. The molecule has 2 heterocycles. The number of nitrogens with one attached hydrogen (secondary N) is 2. The van der Waals surface area contributed by atoms with Crippen LogP contribution in [0, 0.1) is 0 Å². The van der Waals surface area contributed by atoms with Crippen molar-refractivity contribution in [3.63, 3.8) is 0 Å². The molecule has 0 saturated heterocycles. The van der Waals surface area contributed by atoms with Crippen LogP contribution in [0.15, 0.2) is 47.3 Å². The Labute approximate surface area is 200 Å². The Morgan fingerprint density at radius 1 is 0.970 bits per heavy atom. The summed E-state index contributed by atoms with van der Waals surface area (Å²) in [4.78, 5) is 41.3. The number of aromatic nitrogens is 2. The summed E-state index contributed by atoms with van der Waals surface area (Å²) < 4.78 is 1.68. The first-order valence-corrected chi connectivity index (χ1v) is 11.6. The van der Waals surface area contributed by atoms with Crippen LogP contribution in [-0.4, -0.2) is 33.1 Å². The summed E-state index contributed by atoms with van der Waals surface area (Å²) in [6, 6.07) is 12.5. The van der Waals surface area contributed by atoms with E-state index in [1.807, 2.05) is 30.3 Å². The van der Waals surface area contributed by atoms with Crippen LogP contribution in [0.1, 0.15) is 30.7 Å². The molecule has 170 valence electrons. The molecule has 0 bridgehead atoms. The van der Waals surface area contributed by atoms with Crippen LogP contribution in [0.3, 0.4) is 0 Å². The normalized spacial score (nSPS) is 13.8. The van der Waals surface area contributed by atoms with Gasteiger partial charge in [-0.25, -0.2) is 4.98 Å². The molecular weight excluding hydrogens is 463 g/mol. The predicted molar refractivity (Wildman–Crippen MR) is 133 cm³/mol. The quantitative estimate of drug-likeness (QED) is 0.483. The summed E-state index contributed by atoms with van der Waals surface area (Å²) in [6.07, 6.45) is 3.15. The molecule has 1 aliphatic rings. The van der Waals surface area contributed by atoms with Gasteiger partial charge in [-0.05, 0) is 54.0 Å². The lowest BCUT2D eigenvalue weighted by Gasteiger charge is -2.08. The van der Waals surface area contributed by atoms with Gasteiger partial charge in [0, 0.05) is 42.5 Å². The maximum atomic E-state index is 13.0. The average molecular weight is 485 g/mol. The highest BCUT2D eigenvalue weighted by atomic mass is 35.5. The highest BCUT2D eigenvalue weighted by Gasteiger charge is 2.21. The van der Waals surface area contributed by atoms with Crippen molar-refractivity contribution in [1.29, 1.82) is 0 Å². The van der Waals surface area contributed by atoms with Gasteiger partial charge in [0.1, 0.15) is 5.82 Å². The van der Waals surface area contributed by atoms with E-state index in [9.17, 15) is 14.4 Å². The number of halogens is 2. The van der Waals surface area contributed by atoms with Gasteiger partial charge in [-0.3, -0.25) is 19.0 Å². The smallest absolute Gasteiger partial charge is 0.261 e. The van der Waals surface area contributed by atoms with Crippen molar-refractivity contribution in [3.05, 3.63) is 64.2 Å². The Morgan fingerprint density at radius 2 is 1.61 bits per heavy atom. The third-order valence-corrected chi connectivity index (χ3v) is 5.69. The fraction of sp³-hybridized carbons (Fsp3) is 0.250. The number of hydrogen-bond acceptors (Lipinski definition) is 4. The zero-order valence-electron chi connectivity index (χ0n) is 17.7. The van der Waals surface area contributed by atoms with Crippen LogP contribution >= 0.6 is 23.2 Å². The molecule has 2 N–H and O–H groups in total. The van der Waals surface area contributed by atoms with E-state index in [1.165, 1.54) is 0 Å². The van der Waals surface area contributed by atoms with Gasteiger partial charge in [0.2, 0.25) is 11.8 Å². The first-order chi connectivity index (χ1) is 16.0. The summed E-state index contributed by atoms with van der Waals surface area (Å²) in [6.45, 7) is 0.559. The number of allylic oxidation sites excluding steroid dienone is 1. The number of benzene rings is 2. The molecule has 0 saturated carbocycles. The number of carbonyl (C=O) groups excluding carboxylic acids is 2. The van der Waals surface area contributed by atoms with Crippen LogP contribution in [0.5, 0.6) is 0 Å². The van der Waals surface area contributed by atoms with E-state index in [-0.39, 0.29) is 42.0 Å². The maximum absolute atomic E-state index is 13.0. The van der Waals surface area contributed by atoms with E-state index in [4.69, 9.17) is 28.2 Å². The topological polar surface area (TPSA) is 93.1 Å². The van der Waals surface area contributed by atoms with Crippen molar-refractivity contribution in [2.75, 3.05) is 22.4 Å². The molecule has 0 atom stereocenters. The first kappa shape index (κ1) is 23.0. The van der Waals surface area contributed by atoms with Gasteiger partial charge in [0.25, 0.3) is 5.56 Å². The zero-order valence-corrected chi connectivity index (χ0v) is 19.2. The molecule has 9 heteroatoms. The number of rotatable bonds is 7. The van der Waals surface area contributed by atoms with Crippen molar-refractivity contribution in [2.24, 2.45) is 0 Å². The Bertz CT molecular complexity index is 1300. The van der Waals surface area contributed by atoms with E-state index >= 15 is 0 Å². The molecule has 0 radical (unpaired) electrons. The van der Waals surface area contributed by atoms with Gasteiger partial charge >= 0.3 is 0 Å². The molecule has 2 aromatic carbocycles. The molecule has 1 aliphatic heterocycles. The molecule has 7 nitrogen and oxygen atoms in total. The van der Waals surface area contributed by atoms with Crippen molar-refractivity contribution < 1.29 is 9.59 Å². The lowest BCUT2D eigenvalue weighted by atomic mass is 10.1. The van der Waals surface area contributed by atoms with Crippen LogP contribution in [-0.2, 0) is 16.1 Å². The van der Waals surface area contributed by atoms with Crippen molar-refractivity contribution in [3.8, 4) is 0 Å². The van der Waals surface area contributed by atoms with Gasteiger partial charge in [-0.2, -0.15) is 0 Å². The Kier molecular flexibility index (Phi) is 7.11. The molecule has 3 aromatic rings. The highest BCUT2D eigenvalue weighted by Crippen LogP contribution is 2.28. The van der Waals surface area contributed by atoms with Crippen LogP contribution in [0.25, 0.3) is 22.6 Å². The fourth-order valence-corrected chi connectivity index (χ4v) is 4.06. The lowest BCUT2D eigenvalue weighted by Crippen LogP contribution is -2.21. The molecule has 1 aromatic heterocycles. The predicted octanol–water partition coefficient (Wildman–Crippen LogP) is 4.48. The van der Waals surface area contributed by atoms with Gasteiger partial charge < -0.3 is 10.6 Å². The second kappa shape index (κ2) is 10.2. The molecule has 4 rings (SSSR count). The molecular formula is C24H22Cl2N4O3. The fourth-order valence-electron chi connectivity index (χ4n) is 3.71. The minimum absolute atomic E-state index is 0.102. The first-order valence-electron chi connectivity index (χ1n) is 10.6. The maximum Gasteiger partial charge on any atom is 0.261 e. The van der Waals surface area contributed by atoms with Crippen LogP contribution in [0.2, 0.25) is 0 Å². The Morgan fingerprint density at radius 3 is 2.27 bits per heavy atom. The second-order valence-electron chi connectivity index (χ2n) is 7.64. The summed E-state index contributed by atoms with van der Waals surface area (Å²) in [5.74, 6) is 0.815. The number of alkyl halides is 2. The summed E-state index contributed by atoms with van der Waals surface area (Å²) in [5, 5.41) is 6.08. The molecule has 0 fully saturated rings. The second-order valence-corrected chi connectivity index (χ2v) is 8.40. The van der Waals surface area contributed by atoms with E-state index in [0.717, 1.165) is 11.1 Å². The monoisotopic (exact) mass is 484 g/mol. The van der Waals surface area contributed by atoms with Crippen molar-refractivity contribution in [2.45, 2.75) is 25.8 Å². The van der Waals surface area contributed by atoms with E-state index in [2.05, 4.69) is 10.6 Å². The number of carbonyl (C=O) groups is 2. The number of amides is 2. The van der Waals surface area contributed by atoms with Gasteiger partial charge in [0.05, 0.1) is 10.9 Å². The van der Waals surface area contributed by atoms with E-state index in [1.54, 1.807) is 22.8 Å². The number of fused-ring (bicyclic) bond motifs is 2. The Balaban J connectivity index is 1.62. The lowest BCUT2D eigenvalue weighted by molar-refractivity contribution is -0.116. The Hall–Kier alpha value is -3.16. The third-order valence-electron chi connectivity index (χ3n) is 5.31. The summed E-state index contributed by atoms with van der Waals surface area (Å²) in [5.41, 5.74) is 3.58. The van der Waals surface area contributed by atoms with Crippen LogP contribution < -0.4 is 16.2 Å². The number of anilines is 2. The molecule has 0 unspecified atom stereocenters. The minimum Gasteiger partial charge on any atom is -0.326 e.